The number of H-pyrrole nitrogens is 1. The third-order valence-corrected chi connectivity index (χ3v) is 4.12. The Morgan fingerprint density at radius 2 is 2.14 bits per heavy atom. The van der Waals surface area contributed by atoms with Crippen molar-refractivity contribution in [2.45, 2.75) is 45.2 Å². The smallest absolute Gasteiger partial charge is 0.201 e. The quantitative estimate of drug-likeness (QED) is 0.779. The van der Waals surface area contributed by atoms with E-state index in [-0.39, 0.29) is 0 Å². The Morgan fingerprint density at radius 3 is 2.95 bits per heavy atom. The lowest BCUT2D eigenvalue weighted by molar-refractivity contribution is 0.438. The predicted molar refractivity (Wildman–Crippen MR) is 85.9 cm³/mol. The molecule has 0 amide bonds. The van der Waals surface area contributed by atoms with Gasteiger partial charge in [-0.3, -0.25) is 0 Å². The molecule has 6 heteroatoms. The van der Waals surface area contributed by atoms with E-state index in [1.807, 2.05) is 28.9 Å². The first-order valence-corrected chi connectivity index (χ1v) is 7.84. The minimum Gasteiger partial charge on any atom is -0.351 e. The Balaban J connectivity index is 1.52. The van der Waals surface area contributed by atoms with Crippen LogP contribution in [0.2, 0.25) is 0 Å². The average molecular weight is 296 g/mol. The number of hydrogen-bond acceptors (Lipinski definition) is 4. The van der Waals surface area contributed by atoms with Crippen molar-refractivity contribution < 1.29 is 0 Å². The van der Waals surface area contributed by atoms with Crippen LogP contribution < -0.4 is 5.32 Å². The zero-order chi connectivity index (χ0) is 15.1. The summed E-state index contributed by atoms with van der Waals surface area (Å²) >= 11 is 0. The molecule has 0 spiro atoms. The summed E-state index contributed by atoms with van der Waals surface area (Å²) in [6.07, 6.45) is 2.00. The van der Waals surface area contributed by atoms with Crippen molar-refractivity contribution in [3.05, 3.63) is 35.9 Å². The minimum atomic E-state index is 0.328. The molecule has 0 bridgehead atoms. The molecule has 0 aliphatic carbocycles. The molecule has 3 aromatic rings. The summed E-state index contributed by atoms with van der Waals surface area (Å²) in [4.78, 5) is 12.5. The molecule has 1 aromatic carbocycles. The van der Waals surface area contributed by atoms with Crippen molar-refractivity contribution in [3.8, 4) is 0 Å². The fourth-order valence-electron chi connectivity index (χ4n) is 2.91. The first-order valence-electron chi connectivity index (χ1n) is 7.84. The fraction of sp³-hybridized carbons (Fsp3) is 0.438. The third kappa shape index (κ3) is 2.34. The van der Waals surface area contributed by atoms with Gasteiger partial charge in [0.1, 0.15) is 5.82 Å². The molecule has 4 rings (SSSR count). The SMILES string of the molecule is CC(C)c1nc2n(n1)CC(Nc1nc3ccccc3[nH]1)CC2. The third-order valence-electron chi connectivity index (χ3n) is 4.12. The van der Waals surface area contributed by atoms with E-state index in [1.165, 1.54) is 0 Å². The standard InChI is InChI=1S/C16H20N6/c1-10(2)15-20-14-8-7-11(9-22(14)21-15)17-16-18-12-5-3-4-6-13(12)19-16/h3-6,10-11H,7-9H2,1-2H3,(H2,17,18,19). The summed E-state index contributed by atoms with van der Waals surface area (Å²) in [6.45, 7) is 5.10. The van der Waals surface area contributed by atoms with Gasteiger partial charge in [0, 0.05) is 18.4 Å². The number of hydrogen-bond donors (Lipinski definition) is 2. The molecule has 0 fully saturated rings. The number of aromatic amines is 1. The highest BCUT2D eigenvalue weighted by Crippen LogP contribution is 2.20. The van der Waals surface area contributed by atoms with Crippen molar-refractivity contribution in [2.24, 2.45) is 0 Å². The molecular weight excluding hydrogens is 276 g/mol. The largest absolute Gasteiger partial charge is 0.351 e. The van der Waals surface area contributed by atoms with Crippen molar-refractivity contribution in [3.63, 3.8) is 0 Å². The number of anilines is 1. The number of aryl methyl sites for hydroxylation is 1. The lowest BCUT2D eigenvalue weighted by Gasteiger charge is -2.23. The summed E-state index contributed by atoms with van der Waals surface area (Å²) in [7, 11) is 0. The van der Waals surface area contributed by atoms with Crippen molar-refractivity contribution in [1.29, 1.82) is 0 Å². The van der Waals surface area contributed by atoms with Gasteiger partial charge in [0.05, 0.1) is 17.6 Å². The number of imidazole rings is 1. The van der Waals surface area contributed by atoms with E-state index >= 15 is 0 Å². The van der Waals surface area contributed by atoms with Gasteiger partial charge in [0.2, 0.25) is 5.95 Å². The van der Waals surface area contributed by atoms with Gasteiger partial charge in [-0.25, -0.2) is 14.6 Å². The second kappa shape index (κ2) is 5.12. The molecule has 0 saturated heterocycles. The topological polar surface area (TPSA) is 71.4 Å². The number of aromatic nitrogens is 5. The maximum Gasteiger partial charge on any atom is 0.201 e. The van der Waals surface area contributed by atoms with E-state index in [9.17, 15) is 0 Å². The maximum atomic E-state index is 4.63. The highest BCUT2D eigenvalue weighted by atomic mass is 15.4. The molecule has 6 nitrogen and oxygen atoms in total. The van der Waals surface area contributed by atoms with Crippen LogP contribution in [-0.2, 0) is 13.0 Å². The van der Waals surface area contributed by atoms with Gasteiger partial charge in [-0.2, -0.15) is 5.10 Å². The van der Waals surface area contributed by atoms with Gasteiger partial charge in [-0.05, 0) is 18.6 Å². The molecule has 2 N–H and O–H groups in total. The number of nitrogens with zero attached hydrogens (tertiary/aromatic N) is 4. The predicted octanol–water partition coefficient (Wildman–Crippen LogP) is 2.70. The normalized spacial score (nSPS) is 17.9. The fourth-order valence-corrected chi connectivity index (χ4v) is 2.91. The molecular formula is C16H20N6. The second-order valence-corrected chi connectivity index (χ2v) is 6.21. The highest BCUT2D eigenvalue weighted by molar-refractivity contribution is 5.77. The van der Waals surface area contributed by atoms with E-state index in [2.05, 4.69) is 39.2 Å². The molecule has 114 valence electrons. The molecule has 1 aliphatic rings. The first kappa shape index (κ1) is 13.3. The number of para-hydroxylation sites is 2. The van der Waals surface area contributed by atoms with Gasteiger partial charge in [0.15, 0.2) is 5.82 Å². The summed E-state index contributed by atoms with van der Waals surface area (Å²) in [5.74, 6) is 3.25. The summed E-state index contributed by atoms with van der Waals surface area (Å²) in [6, 6.07) is 8.40. The van der Waals surface area contributed by atoms with Crippen LogP contribution in [0.15, 0.2) is 24.3 Å². The summed E-state index contributed by atoms with van der Waals surface area (Å²) in [5, 5.41) is 8.11. The monoisotopic (exact) mass is 296 g/mol. The van der Waals surface area contributed by atoms with Gasteiger partial charge >= 0.3 is 0 Å². The summed E-state index contributed by atoms with van der Waals surface area (Å²) in [5.41, 5.74) is 2.05. The van der Waals surface area contributed by atoms with E-state index < -0.39 is 0 Å². The van der Waals surface area contributed by atoms with Crippen LogP contribution in [0.3, 0.4) is 0 Å². The lowest BCUT2D eigenvalue weighted by atomic mass is 10.1. The number of nitrogens with one attached hydrogen (secondary N) is 2. The van der Waals surface area contributed by atoms with Crippen LogP contribution in [0.4, 0.5) is 5.95 Å². The number of fused-ring (bicyclic) bond motifs is 2. The van der Waals surface area contributed by atoms with Crippen LogP contribution in [0.5, 0.6) is 0 Å². The van der Waals surface area contributed by atoms with Gasteiger partial charge in [-0.1, -0.05) is 26.0 Å². The zero-order valence-corrected chi connectivity index (χ0v) is 12.9. The molecule has 1 aliphatic heterocycles. The lowest BCUT2D eigenvalue weighted by Crippen LogP contribution is -2.32. The Labute approximate surface area is 129 Å². The number of rotatable bonds is 3. The average Bonchev–Trinajstić information content (AvgIpc) is 3.09. The Hall–Kier alpha value is -2.37. The van der Waals surface area contributed by atoms with Gasteiger partial charge < -0.3 is 10.3 Å². The van der Waals surface area contributed by atoms with E-state index in [4.69, 9.17) is 0 Å². The van der Waals surface area contributed by atoms with Crippen LogP contribution in [-0.4, -0.2) is 30.8 Å². The number of benzene rings is 1. The van der Waals surface area contributed by atoms with Crippen molar-refractivity contribution >= 4 is 17.0 Å². The molecule has 0 saturated carbocycles. The molecule has 3 heterocycles. The molecule has 0 radical (unpaired) electrons. The first-order chi connectivity index (χ1) is 10.7. The van der Waals surface area contributed by atoms with E-state index in [0.29, 0.717) is 12.0 Å². The molecule has 1 unspecified atom stereocenters. The Bertz CT molecular complexity index is 767. The van der Waals surface area contributed by atoms with Gasteiger partial charge in [-0.15, -0.1) is 0 Å². The molecule has 1 atom stereocenters. The molecule has 2 aromatic heterocycles. The Morgan fingerprint density at radius 1 is 1.27 bits per heavy atom. The van der Waals surface area contributed by atoms with Crippen molar-refractivity contribution in [1.82, 2.24) is 24.7 Å². The second-order valence-electron chi connectivity index (χ2n) is 6.21. The van der Waals surface area contributed by atoms with Crippen LogP contribution in [0.1, 0.15) is 37.8 Å². The Kier molecular flexibility index (Phi) is 3.10. The van der Waals surface area contributed by atoms with Crippen molar-refractivity contribution in [2.75, 3.05) is 5.32 Å². The maximum absolute atomic E-state index is 4.63. The molecule has 22 heavy (non-hydrogen) atoms. The van der Waals surface area contributed by atoms with Gasteiger partial charge in [0.25, 0.3) is 0 Å². The summed E-state index contributed by atoms with van der Waals surface area (Å²) < 4.78 is 2.04. The van der Waals surface area contributed by atoms with Crippen LogP contribution >= 0.6 is 0 Å². The van der Waals surface area contributed by atoms with Crippen LogP contribution in [0.25, 0.3) is 11.0 Å². The van der Waals surface area contributed by atoms with E-state index in [1.54, 1.807) is 0 Å². The highest BCUT2D eigenvalue weighted by Gasteiger charge is 2.23. The zero-order valence-electron chi connectivity index (χ0n) is 12.9. The van der Waals surface area contributed by atoms with Crippen LogP contribution in [0, 0.1) is 0 Å². The van der Waals surface area contributed by atoms with E-state index in [0.717, 1.165) is 48.0 Å². The minimum absolute atomic E-state index is 0.328.